The molecule has 0 aromatic carbocycles. The summed E-state index contributed by atoms with van der Waals surface area (Å²) in [5, 5.41) is 7.58. The van der Waals surface area contributed by atoms with Crippen molar-refractivity contribution in [3.63, 3.8) is 0 Å². The molecule has 50 valence electrons. The summed E-state index contributed by atoms with van der Waals surface area (Å²) in [6.45, 7) is 2.05. The van der Waals surface area contributed by atoms with Gasteiger partial charge in [-0.15, -0.1) is 5.10 Å². The molecule has 2 aromatic heterocycles. The van der Waals surface area contributed by atoms with Gasteiger partial charge < -0.3 is 0 Å². The first-order chi connectivity index (χ1) is 4.86. The maximum Gasteiger partial charge on any atom is 0.0867 e. The van der Waals surface area contributed by atoms with Crippen molar-refractivity contribution in [3.8, 4) is 0 Å². The lowest BCUT2D eigenvalue weighted by molar-refractivity contribution is 0.854. The predicted octanol–water partition coefficient (Wildman–Crippen LogP) is 1.04. The highest BCUT2D eigenvalue weighted by atomic mass is 15.4. The second kappa shape index (κ2) is 1.80. The van der Waals surface area contributed by atoms with Crippen molar-refractivity contribution in [2.24, 2.45) is 0 Å². The summed E-state index contributed by atoms with van der Waals surface area (Å²) in [6, 6.07) is 4.04. The van der Waals surface area contributed by atoms with Crippen LogP contribution in [0.15, 0.2) is 24.5 Å². The lowest BCUT2D eigenvalue weighted by Gasteiger charge is -1.90. The maximum absolute atomic E-state index is 3.83. The summed E-state index contributed by atoms with van der Waals surface area (Å²) in [5.74, 6) is 0. The maximum atomic E-state index is 3.83. The SMILES string of the molecule is Cc1ccn2nncc2c1. The van der Waals surface area contributed by atoms with Gasteiger partial charge in [-0.25, -0.2) is 4.52 Å². The van der Waals surface area contributed by atoms with Crippen molar-refractivity contribution < 1.29 is 0 Å². The summed E-state index contributed by atoms with van der Waals surface area (Å²) in [4.78, 5) is 0. The Kier molecular flexibility index (Phi) is 0.974. The van der Waals surface area contributed by atoms with E-state index in [1.165, 1.54) is 5.56 Å². The van der Waals surface area contributed by atoms with Gasteiger partial charge in [0.1, 0.15) is 0 Å². The van der Waals surface area contributed by atoms with E-state index in [-0.39, 0.29) is 0 Å². The molecule has 0 fully saturated rings. The minimum atomic E-state index is 1.04. The lowest BCUT2D eigenvalue weighted by atomic mass is 10.3. The van der Waals surface area contributed by atoms with E-state index in [1.54, 1.807) is 10.7 Å². The molecule has 0 N–H and O–H groups in total. The van der Waals surface area contributed by atoms with Crippen molar-refractivity contribution in [1.82, 2.24) is 14.8 Å². The van der Waals surface area contributed by atoms with Crippen LogP contribution in [0.4, 0.5) is 0 Å². The largest absolute Gasteiger partial charge is 0.221 e. The molecule has 0 saturated heterocycles. The normalized spacial score (nSPS) is 10.5. The first kappa shape index (κ1) is 5.41. The van der Waals surface area contributed by atoms with Gasteiger partial charge in [0, 0.05) is 6.20 Å². The van der Waals surface area contributed by atoms with Crippen molar-refractivity contribution in [2.75, 3.05) is 0 Å². The minimum absolute atomic E-state index is 1.04. The van der Waals surface area contributed by atoms with Crippen molar-refractivity contribution >= 4 is 5.52 Å². The summed E-state index contributed by atoms with van der Waals surface area (Å²) >= 11 is 0. The van der Waals surface area contributed by atoms with Gasteiger partial charge in [0.15, 0.2) is 0 Å². The summed E-state index contributed by atoms with van der Waals surface area (Å²) < 4.78 is 1.74. The second-order valence-corrected chi connectivity index (χ2v) is 2.31. The first-order valence-electron chi connectivity index (χ1n) is 3.13. The van der Waals surface area contributed by atoms with Crippen LogP contribution in [-0.2, 0) is 0 Å². The van der Waals surface area contributed by atoms with Gasteiger partial charge in [0.25, 0.3) is 0 Å². The number of rotatable bonds is 0. The number of nitrogens with zero attached hydrogens (tertiary/aromatic N) is 3. The molecular weight excluding hydrogens is 126 g/mol. The van der Waals surface area contributed by atoms with E-state index in [0.29, 0.717) is 0 Å². The first-order valence-corrected chi connectivity index (χ1v) is 3.13. The van der Waals surface area contributed by atoms with E-state index in [4.69, 9.17) is 0 Å². The third-order valence-electron chi connectivity index (χ3n) is 1.46. The topological polar surface area (TPSA) is 30.2 Å². The quantitative estimate of drug-likeness (QED) is 0.537. The number of aromatic nitrogens is 3. The Morgan fingerprint density at radius 1 is 1.50 bits per heavy atom. The standard InChI is InChI=1S/C7H7N3/c1-6-2-3-10-7(4-6)5-8-9-10/h2-5H,1H3. The van der Waals surface area contributed by atoms with Gasteiger partial charge >= 0.3 is 0 Å². The van der Waals surface area contributed by atoms with E-state index >= 15 is 0 Å². The molecule has 3 heteroatoms. The molecule has 10 heavy (non-hydrogen) atoms. The highest BCUT2D eigenvalue weighted by Gasteiger charge is 1.91. The molecule has 0 aliphatic heterocycles. The van der Waals surface area contributed by atoms with Crippen LogP contribution in [0.1, 0.15) is 5.56 Å². The average Bonchev–Trinajstić information content (AvgIpc) is 2.33. The van der Waals surface area contributed by atoms with Crippen LogP contribution in [0.25, 0.3) is 5.52 Å². The van der Waals surface area contributed by atoms with Gasteiger partial charge in [-0.2, -0.15) is 0 Å². The third-order valence-corrected chi connectivity index (χ3v) is 1.46. The van der Waals surface area contributed by atoms with E-state index in [0.717, 1.165) is 5.52 Å². The zero-order valence-corrected chi connectivity index (χ0v) is 5.65. The Labute approximate surface area is 58.3 Å². The van der Waals surface area contributed by atoms with E-state index in [1.807, 2.05) is 25.3 Å². The van der Waals surface area contributed by atoms with Crippen molar-refractivity contribution in [1.29, 1.82) is 0 Å². The lowest BCUT2D eigenvalue weighted by Crippen LogP contribution is -1.85. The van der Waals surface area contributed by atoms with Crippen LogP contribution >= 0.6 is 0 Å². The summed E-state index contributed by atoms with van der Waals surface area (Å²) in [7, 11) is 0. The highest BCUT2D eigenvalue weighted by Crippen LogP contribution is 2.02. The third kappa shape index (κ3) is 0.673. The monoisotopic (exact) mass is 133 g/mol. The molecule has 2 heterocycles. The van der Waals surface area contributed by atoms with Gasteiger partial charge in [0.05, 0.1) is 11.7 Å². The molecule has 0 spiro atoms. The zero-order valence-electron chi connectivity index (χ0n) is 5.65. The van der Waals surface area contributed by atoms with Gasteiger partial charge in [-0.1, -0.05) is 5.21 Å². The fourth-order valence-corrected chi connectivity index (χ4v) is 0.940. The molecule has 2 rings (SSSR count). The molecule has 3 nitrogen and oxygen atoms in total. The van der Waals surface area contributed by atoms with Crippen LogP contribution in [-0.4, -0.2) is 14.8 Å². The van der Waals surface area contributed by atoms with Crippen LogP contribution in [0.2, 0.25) is 0 Å². The van der Waals surface area contributed by atoms with Crippen LogP contribution in [0, 0.1) is 6.92 Å². The Balaban J connectivity index is 2.86. The molecule has 0 amide bonds. The smallest absolute Gasteiger partial charge is 0.0867 e. The van der Waals surface area contributed by atoms with E-state index in [2.05, 4.69) is 10.3 Å². The van der Waals surface area contributed by atoms with Crippen molar-refractivity contribution in [3.05, 3.63) is 30.1 Å². The number of hydrogen-bond donors (Lipinski definition) is 0. The zero-order chi connectivity index (χ0) is 6.97. The Morgan fingerprint density at radius 2 is 2.40 bits per heavy atom. The molecule has 0 unspecified atom stereocenters. The van der Waals surface area contributed by atoms with E-state index < -0.39 is 0 Å². The highest BCUT2D eigenvalue weighted by molar-refractivity contribution is 5.44. The van der Waals surface area contributed by atoms with Crippen LogP contribution in [0.5, 0.6) is 0 Å². The van der Waals surface area contributed by atoms with Gasteiger partial charge in [-0.05, 0) is 24.6 Å². The van der Waals surface area contributed by atoms with Crippen molar-refractivity contribution in [2.45, 2.75) is 6.92 Å². The van der Waals surface area contributed by atoms with Gasteiger partial charge in [0.2, 0.25) is 0 Å². The number of fused-ring (bicyclic) bond motifs is 1. The summed E-state index contributed by atoms with van der Waals surface area (Å²) in [6.07, 6.45) is 3.64. The van der Waals surface area contributed by atoms with E-state index in [9.17, 15) is 0 Å². The molecule has 0 bridgehead atoms. The Hall–Kier alpha value is -1.38. The Bertz CT molecular complexity index is 350. The van der Waals surface area contributed by atoms with Crippen LogP contribution in [0.3, 0.4) is 0 Å². The number of hydrogen-bond acceptors (Lipinski definition) is 2. The van der Waals surface area contributed by atoms with Crippen LogP contribution < -0.4 is 0 Å². The molecular formula is C7H7N3. The molecule has 0 saturated carbocycles. The molecule has 0 aliphatic rings. The summed E-state index contributed by atoms with van der Waals surface area (Å²) in [5.41, 5.74) is 2.27. The molecule has 0 aliphatic carbocycles. The number of pyridine rings is 1. The second-order valence-electron chi connectivity index (χ2n) is 2.31. The van der Waals surface area contributed by atoms with Gasteiger partial charge in [-0.3, -0.25) is 0 Å². The predicted molar refractivity (Wildman–Crippen MR) is 37.7 cm³/mol. The Morgan fingerprint density at radius 3 is 3.30 bits per heavy atom. The fourth-order valence-electron chi connectivity index (χ4n) is 0.940. The molecule has 0 atom stereocenters. The average molecular weight is 133 g/mol. The minimum Gasteiger partial charge on any atom is -0.221 e. The molecule has 2 aromatic rings. The molecule has 0 radical (unpaired) electrons. The number of aryl methyl sites for hydroxylation is 1. The fraction of sp³-hybridized carbons (Fsp3) is 0.143.